The van der Waals surface area contributed by atoms with Crippen LogP contribution in [-0.4, -0.2) is 45.4 Å². The van der Waals surface area contributed by atoms with E-state index in [1.165, 1.54) is 5.56 Å². The molecule has 0 amide bonds. The van der Waals surface area contributed by atoms with Crippen molar-refractivity contribution in [3.63, 3.8) is 0 Å². The van der Waals surface area contributed by atoms with Crippen LogP contribution in [-0.2, 0) is 24.1 Å². The Morgan fingerprint density at radius 3 is 2.62 bits per heavy atom. The summed E-state index contributed by atoms with van der Waals surface area (Å²) in [5.74, 6) is 2.00. The summed E-state index contributed by atoms with van der Waals surface area (Å²) in [5, 5.41) is 14.6. The van der Waals surface area contributed by atoms with Crippen molar-refractivity contribution in [2.24, 2.45) is 7.05 Å². The third-order valence-electron chi connectivity index (χ3n) is 3.75. The summed E-state index contributed by atoms with van der Waals surface area (Å²) in [6.45, 7) is 1.20. The van der Waals surface area contributed by atoms with E-state index >= 15 is 0 Å². The lowest BCUT2D eigenvalue weighted by Gasteiger charge is -2.09. The van der Waals surface area contributed by atoms with Crippen LogP contribution in [0.2, 0.25) is 5.02 Å². The van der Waals surface area contributed by atoms with Gasteiger partial charge in [-0.1, -0.05) is 35.5 Å². The molecular weight excluding hydrogens is 374 g/mol. The highest BCUT2D eigenvalue weighted by atomic mass is 35.5. The van der Waals surface area contributed by atoms with Crippen molar-refractivity contribution in [1.29, 1.82) is 0 Å². The SMILES string of the molecule is COCCn1c(SCc2ccc(Cl)cc2)nnc1-c1cn(C)nc1OC. The number of hydrogen-bond acceptors (Lipinski definition) is 6. The van der Waals surface area contributed by atoms with Crippen LogP contribution in [0.25, 0.3) is 11.4 Å². The maximum Gasteiger partial charge on any atom is 0.243 e. The molecule has 0 aliphatic carbocycles. The molecule has 1 aromatic carbocycles. The van der Waals surface area contributed by atoms with Crippen molar-refractivity contribution in [2.75, 3.05) is 20.8 Å². The van der Waals surface area contributed by atoms with Crippen LogP contribution in [0.3, 0.4) is 0 Å². The largest absolute Gasteiger partial charge is 0.479 e. The summed E-state index contributed by atoms with van der Waals surface area (Å²) in [5.41, 5.74) is 1.97. The molecule has 0 spiro atoms. The lowest BCUT2D eigenvalue weighted by atomic mass is 10.2. The van der Waals surface area contributed by atoms with E-state index in [0.717, 1.165) is 21.5 Å². The van der Waals surface area contributed by atoms with Gasteiger partial charge in [0, 0.05) is 31.1 Å². The number of nitrogens with zero attached hydrogens (tertiary/aromatic N) is 5. The molecule has 0 N–H and O–H groups in total. The summed E-state index contributed by atoms with van der Waals surface area (Å²) >= 11 is 7.56. The summed E-state index contributed by atoms with van der Waals surface area (Å²) in [6.07, 6.45) is 1.87. The van der Waals surface area contributed by atoms with E-state index in [0.29, 0.717) is 24.9 Å². The Labute approximate surface area is 161 Å². The first kappa shape index (κ1) is 18.8. The summed E-state index contributed by atoms with van der Waals surface area (Å²) in [7, 11) is 5.12. The molecule has 0 unspecified atom stereocenters. The molecule has 9 heteroatoms. The van der Waals surface area contributed by atoms with Crippen molar-refractivity contribution in [3.05, 3.63) is 41.0 Å². The van der Waals surface area contributed by atoms with Gasteiger partial charge in [-0.2, -0.15) is 0 Å². The van der Waals surface area contributed by atoms with Gasteiger partial charge < -0.3 is 9.47 Å². The number of thioether (sulfide) groups is 1. The predicted octanol–water partition coefficient (Wildman–Crippen LogP) is 3.28. The molecule has 2 heterocycles. The number of methoxy groups -OCH3 is 2. The zero-order valence-electron chi connectivity index (χ0n) is 14.8. The Kier molecular flexibility index (Phi) is 6.18. The first-order valence-electron chi connectivity index (χ1n) is 7.99. The van der Waals surface area contributed by atoms with E-state index in [1.54, 1.807) is 30.7 Å². The number of aromatic nitrogens is 5. The third-order valence-corrected chi connectivity index (χ3v) is 5.04. The zero-order valence-corrected chi connectivity index (χ0v) is 16.4. The Balaban J connectivity index is 1.87. The molecule has 26 heavy (non-hydrogen) atoms. The first-order valence-corrected chi connectivity index (χ1v) is 9.36. The maximum absolute atomic E-state index is 5.95. The zero-order chi connectivity index (χ0) is 18.5. The van der Waals surface area contributed by atoms with Crippen LogP contribution in [0.1, 0.15) is 5.56 Å². The van der Waals surface area contributed by atoms with Crippen molar-refractivity contribution in [2.45, 2.75) is 17.5 Å². The molecule has 0 aliphatic heterocycles. The predicted molar refractivity (Wildman–Crippen MR) is 102 cm³/mol. The molecule has 138 valence electrons. The van der Waals surface area contributed by atoms with Gasteiger partial charge in [-0.25, -0.2) is 0 Å². The molecule has 3 aromatic rings. The lowest BCUT2D eigenvalue weighted by Crippen LogP contribution is -2.07. The van der Waals surface area contributed by atoms with Gasteiger partial charge >= 0.3 is 0 Å². The second-order valence-electron chi connectivity index (χ2n) is 5.59. The van der Waals surface area contributed by atoms with Crippen LogP contribution in [0, 0.1) is 0 Å². The molecule has 2 aromatic heterocycles. The van der Waals surface area contributed by atoms with Gasteiger partial charge in [0.05, 0.1) is 20.3 Å². The minimum absolute atomic E-state index is 0.521. The molecule has 0 bridgehead atoms. The normalized spacial score (nSPS) is 11.1. The molecule has 0 aliphatic rings. The van der Waals surface area contributed by atoms with Gasteiger partial charge in [0.1, 0.15) is 5.56 Å². The highest BCUT2D eigenvalue weighted by molar-refractivity contribution is 7.98. The smallest absolute Gasteiger partial charge is 0.243 e. The molecule has 0 radical (unpaired) electrons. The Hall–Kier alpha value is -2.03. The molecule has 0 atom stereocenters. The van der Waals surface area contributed by atoms with Gasteiger partial charge in [-0.3, -0.25) is 9.25 Å². The van der Waals surface area contributed by atoms with Crippen molar-refractivity contribution >= 4 is 23.4 Å². The molecule has 0 saturated heterocycles. The van der Waals surface area contributed by atoms with Gasteiger partial charge in [0.2, 0.25) is 5.88 Å². The molecule has 7 nitrogen and oxygen atoms in total. The number of benzene rings is 1. The van der Waals surface area contributed by atoms with E-state index in [-0.39, 0.29) is 0 Å². The average Bonchev–Trinajstić information content (AvgIpc) is 3.21. The summed E-state index contributed by atoms with van der Waals surface area (Å²) in [4.78, 5) is 0. The minimum Gasteiger partial charge on any atom is -0.479 e. The van der Waals surface area contributed by atoms with E-state index in [4.69, 9.17) is 21.1 Å². The number of hydrogen-bond donors (Lipinski definition) is 0. The highest BCUT2D eigenvalue weighted by Gasteiger charge is 2.20. The second kappa shape index (κ2) is 8.57. The van der Waals surface area contributed by atoms with E-state index < -0.39 is 0 Å². The fourth-order valence-electron chi connectivity index (χ4n) is 2.48. The highest BCUT2D eigenvalue weighted by Crippen LogP contribution is 2.31. The quantitative estimate of drug-likeness (QED) is 0.547. The standard InChI is InChI=1S/C17H20ClN5O2S/c1-22-10-14(16(21-22)25-3)15-19-20-17(23(15)8-9-24-2)26-11-12-4-6-13(18)7-5-12/h4-7,10H,8-9,11H2,1-3H3. The van der Waals surface area contributed by atoms with Crippen molar-refractivity contribution < 1.29 is 9.47 Å². The van der Waals surface area contributed by atoms with Crippen LogP contribution in [0.4, 0.5) is 0 Å². The van der Waals surface area contributed by atoms with Crippen molar-refractivity contribution in [3.8, 4) is 17.3 Å². The number of aryl methyl sites for hydroxylation is 1. The molecule has 0 saturated carbocycles. The fraction of sp³-hybridized carbons (Fsp3) is 0.353. The minimum atomic E-state index is 0.521. The van der Waals surface area contributed by atoms with Crippen LogP contribution in [0.5, 0.6) is 5.88 Å². The third kappa shape index (κ3) is 4.20. The first-order chi connectivity index (χ1) is 12.6. The van der Waals surface area contributed by atoms with Crippen LogP contribution < -0.4 is 4.74 Å². The van der Waals surface area contributed by atoms with Gasteiger partial charge in [-0.05, 0) is 17.7 Å². The van der Waals surface area contributed by atoms with E-state index in [2.05, 4.69) is 15.3 Å². The topological polar surface area (TPSA) is 67.0 Å². The van der Waals surface area contributed by atoms with Gasteiger partial charge in [-0.15, -0.1) is 15.3 Å². The number of halogens is 1. The van der Waals surface area contributed by atoms with E-state index in [1.807, 2.05) is 42.1 Å². The fourth-order valence-corrected chi connectivity index (χ4v) is 3.53. The Bertz CT molecular complexity index is 863. The van der Waals surface area contributed by atoms with Crippen LogP contribution >= 0.6 is 23.4 Å². The molecule has 3 rings (SSSR count). The van der Waals surface area contributed by atoms with Gasteiger partial charge in [0.15, 0.2) is 11.0 Å². The van der Waals surface area contributed by atoms with E-state index in [9.17, 15) is 0 Å². The monoisotopic (exact) mass is 393 g/mol. The maximum atomic E-state index is 5.95. The lowest BCUT2D eigenvalue weighted by molar-refractivity contribution is 0.185. The Morgan fingerprint density at radius 1 is 1.15 bits per heavy atom. The summed E-state index contributed by atoms with van der Waals surface area (Å²) in [6, 6.07) is 7.80. The number of rotatable bonds is 8. The van der Waals surface area contributed by atoms with Crippen LogP contribution in [0.15, 0.2) is 35.6 Å². The van der Waals surface area contributed by atoms with Crippen molar-refractivity contribution in [1.82, 2.24) is 24.5 Å². The number of ether oxygens (including phenoxy) is 2. The molecule has 0 fully saturated rings. The van der Waals surface area contributed by atoms with Gasteiger partial charge in [0.25, 0.3) is 0 Å². The average molecular weight is 394 g/mol. The molecular formula is C17H20ClN5O2S. The second-order valence-corrected chi connectivity index (χ2v) is 6.97. The Morgan fingerprint density at radius 2 is 1.92 bits per heavy atom. The summed E-state index contributed by atoms with van der Waals surface area (Å²) < 4.78 is 14.3.